The molecule has 4 aromatic rings. The standard InChI is InChI=1S/C9H9NO3.3C6H5.Pb/c11-8(12)6-10-9(13)7-4-2-1-3-5-7;3*1-2-4-6-5-3-1;/h1-5H,6H2,(H,10,13)(H,11,12);3*1-5H;/q;;;;+1. The summed E-state index contributed by atoms with van der Waals surface area (Å²) in [5.74, 6) is -0.449. The van der Waals surface area contributed by atoms with Gasteiger partial charge in [0.1, 0.15) is 0 Å². The van der Waals surface area contributed by atoms with Crippen molar-refractivity contribution in [3.8, 4) is 0 Å². The molecule has 0 fully saturated rings. The summed E-state index contributed by atoms with van der Waals surface area (Å²) in [4.78, 5) is 23.4. The van der Waals surface area contributed by atoms with Gasteiger partial charge in [0, 0.05) is 0 Å². The molecule has 0 saturated carbocycles. The number of nitrogens with one attached hydrogen (secondary N) is 1. The Morgan fingerprint density at radius 1 is 0.656 bits per heavy atom. The second-order valence-corrected chi connectivity index (χ2v) is 20.1. The molecule has 32 heavy (non-hydrogen) atoms. The van der Waals surface area contributed by atoms with Crippen molar-refractivity contribution < 1.29 is 12.3 Å². The maximum atomic E-state index is 12.5. The third-order valence-corrected chi connectivity index (χ3v) is 20.7. The van der Waals surface area contributed by atoms with Crippen LogP contribution in [0, 0.1) is 0 Å². The predicted octanol–water partition coefficient (Wildman–Crippen LogP) is 2.60. The third kappa shape index (κ3) is 4.80. The molecular formula is C27H24NO3Pb+. The van der Waals surface area contributed by atoms with Crippen LogP contribution in [0.15, 0.2) is 121 Å². The maximum absolute atomic E-state index is 12.5. The first kappa shape index (κ1) is 22.0. The number of carbonyl (C=O) groups is 1. The molecule has 0 aromatic heterocycles. The quantitative estimate of drug-likeness (QED) is 0.256. The molecule has 0 aliphatic carbocycles. The van der Waals surface area contributed by atoms with Crippen molar-refractivity contribution in [1.82, 2.24) is 5.32 Å². The molecule has 4 nitrogen and oxygen atoms in total. The van der Waals surface area contributed by atoms with Crippen LogP contribution in [0.1, 0.15) is 10.4 Å². The summed E-state index contributed by atoms with van der Waals surface area (Å²) >= 11 is -4.27. The molecule has 158 valence electrons. The fourth-order valence-corrected chi connectivity index (χ4v) is 18.4. The second-order valence-electron chi connectivity index (χ2n) is 7.32. The molecule has 4 rings (SSSR count). The van der Waals surface area contributed by atoms with Crippen LogP contribution in [0.3, 0.4) is 0 Å². The molecule has 0 aliphatic heterocycles. The molecule has 5 heteroatoms. The van der Waals surface area contributed by atoms with E-state index in [4.69, 9.17) is 2.69 Å². The summed E-state index contributed by atoms with van der Waals surface area (Å²) in [7, 11) is 0. The van der Waals surface area contributed by atoms with E-state index in [0.717, 1.165) is 9.37 Å². The van der Waals surface area contributed by atoms with E-state index in [9.17, 15) is 9.59 Å². The summed E-state index contributed by atoms with van der Waals surface area (Å²) in [5, 5.41) is 2.76. The van der Waals surface area contributed by atoms with Gasteiger partial charge >= 0.3 is 194 Å². The van der Waals surface area contributed by atoms with Crippen LogP contribution < -0.4 is 14.7 Å². The summed E-state index contributed by atoms with van der Waals surface area (Å²) in [6.07, 6.45) is 0. The van der Waals surface area contributed by atoms with Crippen molar-refractivity contribution >= 4 is 42.9 Å². The van der Waals surface area contributed by atoms with Gasteiger partial charge in [0.25, 0.3) is 0 Å². The predicted molar refractivity (Wildman–Crippen MR) is 131 cm³/mol. The normalized spacial score (nSPS) is 10.9. The van der Waals surface area contributed by atoms with Crippen molar-refractivity contribution in [2.45, 2.75) is 0 Å². The molecule has 0 aliphatic rings. The van der Waals surface area contributed by atoms with Crippen LogP contribution in [-0.4, -0.2) is 44.8 Å². The Morgan fingerprint density at radius 3 is 1.44 bits per heavy atom. The van der Waals surface area contributed by atoms with Gasteiger partial charge in [-0.1, -0.05) is 0 Å². The third-order valence-electron chi connectivity index (χ3n) is 5.25. The van der Waals surface area contributed by atoms with Crippen LogP contribution in [-0.2, 0) is 2.69 Å². The average Bonchev–Trinajstić information content (AvgIpc) is 2.88. The van der Waals surface area contributed by atoms with Crippen LogP contribution in [0.25, 0.3) is 0 Å². The summed E-state index contributed by atoms with van der Waals surface area (Å²) in [6, 6.07) is 39.2. The average molecular weight is 618 g/mol. The first-order chi connectivity index (χ1) is 15.7. The minimum absolute atomic E-state index is 0.0814. The van der Waals surface area contributed by atoms with Gasteiger partial charge in [-0.05, 0) is 0 Å². The Labute approximate surface area is 193 Å². The SMILES string of the molecule is O=C(NCC(=[OH+])[O][Pb]([c]1ccccc1)([c]1ccccc1)[c]1ccccc1)c1ccccc1. The number of carbonyl (C=O) groups excluding carboxylic acids is 2. The van der Waals surface area contributed by atoms with Gasteiger partial charge in [-0.2, -0.15) is 0 Å². The summed E-state index contributed by atoms with van der Waals surface area (Å²) in [5.41, 5.74) is 0.533. The van der Waals surface area contributed by atoms with E-state index >= 15 is 0 Å². The van der Waals surface area contributed by atoms with E-state index in [1.807, 2.05) is 60.7 Å². The molecule has 0 saturated heterocycles. The number of amides is 1. The monoisotopic (exact) mass is 618 g/mol. The Kier molecular flexibility index (Phi) is 7.11. The number of hydrogen-bond acceptors (Lipinski definition) is 2. The Hall–Kier alpha value is -3.26. The molecule has 0 radical (unpaired) electrons. The summed E-state index contributed by atoms with van der Waals surface area (Å²) < 4.78 is 9.81. The molecule has 0 unspecified atom stereocenters. The summed E-state index contributed by atoms with van der Waals surface area (Å²) in [6.45, 7) is -0.0814. The van der Waals surface area contributed by atoms with Crippen molar-refractivity contribution in [3.63, 3.8) is 0 Å². The molecule has 2 N–H and O–H groups in total. The van der Waals surface area contributed by atoms with E-state index in [1.54, 1.807) is 24.3 Å². The van der Waals surface area contributed by atoms with Crippen LogP contribution in [0.2, 0.25) is 0 Å². The van der Waals surface area contributed by atoms with Crippen molar-refractivity contribution in [3.05, 3.63) is 127 Å². The number of benzene rings is 4. The molecular weight excluding hydrogens is 594 g/mol. The van der Waals surface area contributed by atoms with Crippen molar-refractivity contribution in [2.75, 3.05) is 6.54 Å². The molecule has 1 amide bonds. The van der Waals surface area contributed by atoms with Gasteiger partial charge in [0.05, 0.1) is 0 Å². The Bertz CT molecular complexity index is 1070. The molecule has 0 heterocycles. The van der Waals surface area contributed by atoms with Gasteiger partial charge in [0.15, 0.2) is 0 Å². The van der Waals surface area contributed by atoms with Crippen LogP contribution in [0.5, 0.6) is 0 Å². The van der Waals surface area contributed by atoms with E-state index in [0.29, 0.717) is 5.56 Å². The molecule has 0 bridgehead atoms. The number of rotatable bonds is 7. The van der Waals surface area contributed by atoms with Gasteiger partial charge < -0.3 is 0 Å². The molecule has 4 aromatic carbocycles. The van der Waals surface area contributed by atoms with Gasteiger partial charge in [-0.15, -0.1) is 0 Å². The van der Waals surface area contributed by atoms with Gasteiger partial charge in [0.2, 0.25) is 0 Å². The van der Waals surface area contributed by atoms with Gasteiger partial charge in [-0.25, -0.2) is 0 Å². The zero-order valence-corrected chi connectivity index (χ0v) is 21.4. The fraction of sp³-hybridized carbons (Fsp3) is 0.0370. The Morgan fingerprint density at radius 2 is 1.03 bits per heavy atom. The first-order valence-corrected chi connectivity index (χ1v) is 17.9. The van der Waals surface area contributed by atoms with Gasteiger partial charge in [-0.3, -0.25) is 0 Å². The molecule has 0 atom stereocenters. The topological polar surface area (TPSA) is 59.7 Å². The van der Waals surface area contributed by atoms with E-state index < -0.39 is 21.6 Å². The van der Waals surface area contributed by atoms with E-state index in [2.05, 4.69) is 41.7 Å². The van der Waals surface area contributed by atoms with Crippen molar-refractivity contribution in [1.29, 1.82) is 0 Å². The van der Waals surface area contributed by atoms with Crippen LogP contribution in [0.4, 0.5) is 0 Å². The Balaban J connectivity index is 1.69. The zero-order chi connectivity index (χ0) is 22.2. The first-order valence-electron chi connectivity index (χ1n) is 10.4. The molecule has 0 spiro atoms. The van der Waals surface area contributed by atoms with E-state index in [-0.39, 0.29) is 18.4 Å². The zero-order valence-electron chi connectivity index (χ0n) is 17.5. The van der Waals surface area contributed by atoms with E-state index in [1.165, 1.54) is 0 Å². The van der Waals surface area contributed by atoms with Crippen LogP contribution >= 0.6 is 0 Å². The van der Waals surface area contributed by atoms with Crippen molar-refractivity contribution in [2.24, 2.45) is 0 Å². The second kappa shape index (κ2) is 10.4. The fourth-order valence-electron chi connectivity index (χ4n) is 3.76. The minimum atomic E-state index is -4.27. The number of hydrogen-bond donors (Lipinski definition) is 1.